The van der Waals surface area contributed by atoms with Gasteiger partial charge in [-0.1, -0.05) is 6.92 Å². The predicted molar refractivity (Wildman–Crippen MR) is 68.4 cm³/mol. The van der Waals surface area contributed by atoms with E-state index in [-0.39, 0.29) is 17.8 Å². The lowest BCUT2D eigenvalue weighted by molar-refractivity contribution is -0.145. The summed E-state index contributed by atoms with van der Waals surface area (Å²) in [4.78, 5) is 22.1. The number of carbonyl (C=O) groups excluding carboxylic acids is 1. The average Bonchev–Trinajstić information content (AvgIpc) is 2.79. The number of rotatable bonds is 2. The van der Waals surface area contributed by atoms with Crippen molar-refractivity contribution in [1.82, 2.24) is 9.97 Å². The van der Waals surface area contributed by atoms with Crippen molar-refractivity contribution in [3.05, 3.63) is 17.5 Å². The third-order valence-corrected chi connectivity index (χ3v) is 3.36. The van der Waals surface area contributed by atoms with Crippen LogP contribution in [0, 0.1) is 30.1 Å². The molecule has 1 aliphatic heterocycles. The number of hydrogen-bond acceptors (Lipinski definition) is 6. The van der Waals surface area contributed by atoms with Crippen LogP contribution in [0.2, 0.25) is 0 Å². The van der Waals surface area contributed by atoms with Gasteiger partial charge in [-0.2, -0.15) is 5.26 Å². The molecule has 1 saturated heterocycles. The summed E-state index contributed by atoms with van der Waals surface area (Å²) in [5, 5.41) is 8.93. The standard InChI is InChI=1S/C13H16N4O2/c1-8-6-17(7-11(8)12(18)19-3)13-15-9(2)4-10(5-14)16-13/h4,8,11H,6-7H2,1-3H3. The fraction of sp³-hybridized carbons (Fsp3) is 0.538. The van der Waals surface area contributed by atoms with E-state index in [0.29, 0.717) is 24.7 Å². The summed E-state index contributed by atoms with van der Waals surface area (Å²) >= 11 is 0. The third kappa shape index (κ3) is 2.65. The number of methoxy groups -OCH3 is 1. The molecule has 0 spiro atoms. The fourth-order valence-electron chi connectivity index (χ4n) is 2.34. The minimum Gasteiger partial charge on any atom is -0.469 e. The molecule has 0 amide bonds. The highest BCUT2D eigenvalue weighted by molar-refractivity contribution is 5.74. The minimum atomic E-state index is -0.205. The van der Waals surface area contributed by atoms with E-state index in [1.165, 1.54) is 7.11 Å². The number of nitriles is 1. The van der Waals surface area contributed by atoms with Crippen LogP contribution in [-0.2, 0) is 9.53 Å². The molecule has 0 bridgehead atoms. The van der Waals surface area contributed by atoms with Gasteiger partial charge in [0.25, 0.3) is 0 Å². The van der Waals surface area contributed by atoms with Crippen molar-refractivity contribution in [3.63, 3.8) is 0 Å². The lowest BCUT2D eigenvalue weighted by atomic mass is 9.99. The lowest BCUT2D eigenvalue weighted by Gasteiger charge is -2.16. The number of aryl methyl sites for hydroxylation is 1. The molecule has 1 aromatic heterocycles. The van der Waals surface area contributed by atoms with Gasteiger partial charge in [0.05, 0.1) is 13.0 Å². The van der Waals surface area contributed by atoms with Crippen molar-refractivity contribution in [1.29, 1.82) is 5.26 Å². The van der Waals surface area contributed by atoms with Gasteiger partial charge in [-0.3, -0.25) is 4.79 Å². The Morgan fingerprint density at radius 1 is 1.53 bits per heavy atom. The molecule has 100 valence electrons. The molecule has 2 atom stereocenters. The Morgan fingerprint density at radius 2 is 2.26 bits per heavy atom. The van der Waals surface area contributed by atoms with Crippen LogP contribution in [0.25, 0.3) is 0 Å². The summed E-state index contributed by atoms with van der Waals surface area (Å²) < 4.78 is 4.80. The van der Waals surface area contributed by atoms with Crippen LogP contribution in [0.15, 0.2) is 6.07 Å². The zero-order valence-electron chi connectivity index (χ0n) is 11.3. The van der Waals surface area contributed by atoms with Crippen LogP contribution in [0.3, 0.4) is 0 Å². The molecule has 19 heavy (non-hydrogen) atoms. The highest BCUT2D eigenvalue weighted by Crippen LogP contribution is 2.27. The van der Waals surface area contributed by atoms with E-state index < -0.39 is 0 Å². The molecule has 2 rings (SSSR count). The molecular formula is C13H16N4O2. The Balaban J connectivity index is 2.23. The molecule has 2 heterocycles. The monoisotopic (exact) mass is 260 g/mol. The molecule has 6 nitrogen and oxygen atoms in total. The van der Waals surface area contributed by atoms with Gasteiger partial charge in [-0.05, 0) is 18.9 Å². The molecule has 0 radical (unpaired) electrons. The summed E-state index contributed by atoms with van der Waals surface area (Å²) in [6.45, 7) is 5.04. The van der Waals surface area contributed by atoms with E-state index in [1.54, 1.807) is 6.07 Å². The second-order valence-electron chi connectivity index (χ2n) is 4.82. The Hall–Kier alpha value is -2.16. The first-order valence-corrected chi connectivity index (χ1v) is 6.13. The van der Waals surface area contributed by atoms with Gasteiger partial charge in [-0.15, -0.1) is 0 Å². The van der Waals surface area contributed by atoms with Crippen LogP contribution in [0.4, 0.5) is 5.95 Å². The average molecular weight is 260 g/mol. The molecular weight excluding hydrogens is 244 g/mol. The predicted octanol–water partition coefficient (Wildman–Crippen LogP) is 0.902. The van der Waals surface area contributed by atoms with E-state index in [9.17, 15) is 4.79 Å². The van der Waals surface area contributed by atoms with E-state index in [4.69, 9.17) is 10.00 Å². The zero-order chi connectivity index (χ0) is 14.0. The zero-order valence-corrected chi connectivity index (χ0v) is 11.3. The second-order valence-corrected chi connectivity index (χ2v) is 4.82. The van der Waals surface area contributed by atoms with Crippen LogP contribution >= 0.6 is 0 Å². The molecule has 1 fully saturated rings. The lowest BCUT2D eigenvalue weighted by Crippen LogP contribution is -2.25. The second kappa shape index (κ2) is 5.22. The van der Waals surface area contributed by atoms with Crippen LogP contribution in [0.5, 0.6) is 0 Å². The van der Waals surface area contributed by atoms with E-state index in [2.05, 4.69) is 9.97 Å². The van der Waals surface area contributed by atoms with E-state index in [1.807, 2.05) is 24.8 Å². The van der Waals surface area contributed by atoms with Crippen molar-refractivity contribution < 1.29 is 9.53 Å². The smallest absolute Gasteiger partial charge is 0.310 e. The summed E-state index contributed by atoms with van der Waals surface area (Å²) in [5.41, 5.74) is 1.09. The van der Waals surface area contributed by atoms with Gasteiger partial charge < -0.3 is 9.64 Å². The summed E-state index contributed by atoms with van der Waals surface area (Å²) in [7, 11) is 1.40. The summed E-state index contributed by atoms with van der Waals surface area (Å²) in [6.07, 6.45) is 0. The number of nitrogens with zero attached hydrogens (tertiary/aromatic N) is 4. The largest absolute Gasteiger partial charge is 0.469 e. The Morgan fingerprint density at radius 3 is 2.89 bits per heavy atom. The number of ether oxygens (including phenoxy) is 1. The molecule has 2 unspecified atom stereocenters. The number of anilines is 1. The molecule has 0 aliphatic carbocycles. The maximum absolute atomic E-state index is 11.6. The van der Waals surface area contributed by atoms with Crippen molar-refractivity contribution in [3.8, 4) is 6.07 Å². The first-order valence-electron chi connectivity index (χ1n) is 6.13. The quantitative estimate of drug-likeness (QED) is 0.735. The van der Waals surface area contributed by atoms with Gasteiger partial charge in [0.2, 0.25) is 5.95 Å². The van der Waals surface area contributed by atoms with Gasteiger partial charge in [0.1, 0.15) is 11.8 Å². The number of esters is 1. The van der Waals surface area contributed by atoms with Crippen LogP contribution < -0.4 is 4.90 Å². The molecule has 0 N–H and O–H groups in total. The van der Waals surface area contributed by atoms with E-state index in [0.717, 1.165) is 5.69 Å². The SMILES string of the molecule is COC(=O)C1CN(c2nc(C)cc(C#N)n2)CC1C. The normalized spacial score (nSPS) is 22.1. The van der Waals surface area contributed by atoms with E-state index >= 15 is 0 Å². The molecule has 0 saturated carbocycles. The maximum Gasteiger partial charge on any atom is 0.310 e. The molecule has 6 heteroatoms. The van der Waals surface area contributed by atoms with Gasteiger partial charge in [0, 0.05) is 18.8 Å². The summed E-state index contributed by atoms with van der Waals surface area (Å²) in [6, 6.07) is 3.66. The van der Waals surface area contributed by atoms with Crippen LogP contribution in [0.1, 0.15) is 18.3 Å². The number of aromatic nitrogens is 2. The fourth-order valence-corrected chi connectivity index (χ4v) is 2.34. The van der Waals surface area contributed by atoms with Crippen molar-refractivity contribution >= 4 is 11.9 Å². The highest BCUT2D eigenvalue weighted by Gasteiger charge is 2.36. The van der Waals surface area contributed by atoms with Gasteiger partial charge >= 0.3 is 5.97 Å². The third-order valence-electron chi connectivity index (χ3n) is 3.36. The number of carbonyl (C=O) groups is 1. The Labute approximate surface area is 112 Å². The minimum absolute atomic E-state index is 0.167. The number of hydrogen-bond donors (Lipinski definition) is 0. The van der Waals surface area contributed by atoms with Gasteiger partial charge in [-0.25, -0.2) is 9.97 Å². The van der Waals surface area contributed by atoms with Crippen molar-refractivity contribution in [2.45, 2.75) is 13.8 Å². The highest BCUT2D eigenvalue weighted by atomic mass is 16.5. The van der Waals surface area contributed by atoms with Crippen molar-refractivity contribution in [2.75, 3.05) is 25.1 Å². The maximum atomic E-state index is 11.6. The molecule has 1 aromatic rings. The Bertz CT molecular complexity index is 538. The topological polar surface area (TPSA) is 79.1 Å². The first-order chi connectivity index (χ1) is 9.05. The first kappa shape index (κ1) is 13.3. The van der Waals surface area contributed by atoms with Crippen molar-refractivity contribution in [2.24, 2.45) is 11.8 Å². The van der Waals surface area contributed by atoms with Gasteiger partial charge in [0.15, 0.2) is 0 Å². The Kier molecular flexibility index (Phi) is 3.65. The molecule has 1 aliphatic rings. The molecule has 0 aromatic carbocycles. The summed E-state index contributed by atoms with van der Waals surface area (Å²) in [5.74, 6) is 0.319. The van der Waals surface area contributed by atoms with Crippen LogP contribution in [-0.4, -0.2) is 36.1 Å².